The fourth-order valence-electron chi connectivity index (χ4n) is 3.19. The van der Waals surface area contributed by atoms with Crippen molar-refractivity contribution < 1.29 is 18.7 Å². The molecule has 4 aromatic rings. The maximum atomic E-state index is 12.6. The number of allylic oxidation sites excluding steroid dienone is 1. The fourth-order valence-corrected chi connectivity index (χ4v) is 4.32. The molecular weight excluding hydrogens is 508 g/mol. The van der Waals surface area contributed by atoms with Gasteiger partial charge in [-0.15, -0.1) is 16.8 Å². The summed E-state index contributed by atoms with van der Waals surface area (Å²) in [6.07, 6.45) is 1.73. The number of thioether (sulfide) groups is 1. The molecule has 2 heterocycles. The van der Waals surface area contributed by atoms with Crippen molar-refractivity contribution in [1.82, 2.24) is 14.8 Å². The number of nitrogens with zero attached hydrogens (tertiary/aromatic N) is 3. The van der Waals surface area contributed by atoms with Crippen molar-refractivity contribution in [2.45, 2.75) is 11.7 Å². The average Bonchev–Trinajstić information content (AvgIpc) is 3.41. The number of methoxy groups -OCH3 is 1. The lowest BCUT2D eigenvalue weighted by atomic mass is 10.2. The third-order valence-electron chi connectivity index (χ3n) is 4.67. The number of ether oxygens (including phenoxy) is 1. The molecule has 2 aromatic heterocycles. The summed E-state index contributed by atoms with van der Waals surface area (Å²) in [5, 5.41) is 12.7. The molecule has 33 heavy (non-hydrogen) atoms. The molecule has 0 bridgehead atoms. The maximum absolute atomic E-state index is 12.6. The van der Waals surface area contributed by atoms with Crippen molar-refractivity contribution in [1.29, 1.82) is 0 Å². The first kappa shape index (κ1) is 22.8. The van der Waals surface area contributed by atoms with Crippen molar-refractivity contribution in [3.8, 4) is 11.6 Å². The highest BCUT2D eigenvalue weighted by Crippen LogP contribution is 2.31. The van der Waals surface area contributed by atoms with Gasteiger partial charge in [0.1, 0.15) is 5.58 Å². The molecule has 0 unspecified atom stereocenters. The molecule has 8 nitrogen and oxygen atoms in total. The molecule has 0 aliphatic rings. The largest absolute Gasteiger partial charge is 0.465 e. The van der Waals surface area contributed by atoms with Crippen LogP contribution in [0.1, 0.15) is 10.4 Å². The maximum Gasteiger partial charge on any atom is 0.339 e. The quantitative estimate of drug-likeness (QED) is 0.192. The normalized spacial score (nSPS) is 10.8. The van der Waals surface area contributed by atoms with Gasteiger partial charge in [0.2, 0.25) is 11.7 Å². The van der Waals surface area contributed by atoms with Crippen LogP contribution < -0.4 is 5.32 Å². The molecule has 4 rings (SSSR count). The molecule has 0 radical (unpaired) electrons. The highest BCUT2D eigenvalue weighted by atomic mass is 79.9. The molecule has 0 atom stereocenters. The second kappa shape index (κ2) is 10.1. The van der Waals surface area contributed by atoms with Crippen LogP contribution in [-0.2, 0) is 16.1 Å². The van der Waals surface area contributed by atoms with Gasteiger partial charge in [-0.1, -0.05) is 45.9 Å². The number of nitrogens with one attached hydrogen (secondary N) is 1. The van der Waals surface area contributed by atoms with Gasteiger partial charge < -0.3 is 14.5 Å². The molecule has 0 aliphatic carbocycles. The van der Waals surface area contributed by atoms with Gasteiger partial charge in [0.15, 0.2) is 10.9 Å². The zero-order chi connectivity index (χ0) is 23.4. The van der Waals surface area contributed by atoms with Gasteiger partial charge in [-0.2, -0.15) is 0 Å². The molecule has 0 saturated heterocycles. The van der Waals surface area contributed by atoms with Crippen LogP contribution in [-0.4, -0.2) is 39.5 Å². The van der Waals surface area contributed by atoms with E-state index in [1.54, 1.807) is 30.3 Å². The third kappa shape index (κ3) is 5.01. The highest BCUT2D eigenvalue weighted by Gasteiger charge is 2.19. The Bertz CT molecular complexity index is 1350. The topological polar surface area (TPSA) is 99.2 Å². The van der Waals surface area contributed by atoms with E-state index < -0.39 is 5.97 Å². The first-order valence-electron chi connectivity index (χ1n) is 9.83. The Balaban J connectivity index is 1.52. The van der Waals surface area contributed by atoms with E-state index in [1.807, 2.05) is 28.8 Å². The van der Waals surface area contributed by atoms with Crippen molar-refractivity contribution in [3.05, 3.63) is 71.2 Å². The minimum atomic E-state index is -0.521. The average molecular weight is 527 g/mol. The van der Waals surface area contributed by atoms with Gasteiger partial charge in [-0.05, 0) is 36.4 Å². The standard InChI is InChI=1S/C23H19BrN4O4S/c1-3-10-28-21(19-12-14-11-15(24)8-9-18(14)32-19)26-27-23(28)33-13-20(29)25-17-7-5-4-6-16(17)22(30)31-2/h3-9,11-12H,1,10,13H2,2H3,(H,25,29). The minimum Gasteiger partial charge on any atom is -0.465 e. The number of benzene rings is 2. The van der Waals surface area contributed by atoms with E-state index in [2.05, 4.69) is 38.0 Å². The first-order valence-corrected chi connectivity index (χ1v) is 11.6. The lowest BCUT2D eigenvalue weighted by molar-refractivity contribution is -0.113. The number of furan rings is 1. The Kier molecular flexibility index (Phi) is 6.95. The van der Waals surface area contributed by atoms with Gasteiger partial charge in [0, 0.05) is 16.4 Å². The Morgan fingerprint density at radius 2 is 2.06 bits per heavy atom. The van der Waals surface area contributed by atoms with Crippen LogP contribution in [0, 0.1) is 0 Å². The van der Waals surface area contributed by atoms with E-state index in [1.165, 1.54) is 18.9 Å². The lowest BCUT2D eigenvalue weighted by Gasteiger charge is -2.10. The molecule has 168 valence electrons. The predicted molar refractivity (Wildman–Crippen MR) is 130 cm³/mol. The van der Waals surface area contributed by atoms with Crippen molar-refractivity contribution in [2.75, 3.05) is 18.2 Å². The van der Waals surface area contributed by atoms with Crippen molar-refractivity contribution in [3.63, 3.8) is 0 Å². The molecular formula is C23H19BrN4O4S. The van der Waals surface area contributed by atoms with Gasteiger partial charge in [-0.3, -0.25) is 9.36 Å². The molecule has 0 fully saturated rings. The van der Waals surface area contributed by atoms with Gasteiger partial charge >= 0.3 is 5.97 Å². The van der Waals surface area contributed by atoms with Crippen LogP contribution in [0.5, 0.6) is 0 Å². The second-order valence-electron chi connectivity index (χ2n) is 6.87. The number of esters is 1. The summed E-state index contributed by atoms with van der Waals surface area (Å²) in [6, 6.07) is 14.3. The van der Waals surface area contributed by atoms with E-state index in [4.69, 9.17) is 9.15 Å². The van der Waals surface area contributed by atoms with Crippen LogP contribution in [0.3, 0.4) is 0 Å². The van der Waals surface area contributed by atoms with Gasteiger partial charge in [0.05, 0.1) is 24.1 Å². The van der Waals surface area contributed by atoms with Crippen LogP contribution >= 0.6 is 27.7 Å². The van der Waals surface area contributed by atoms with Crippen LogP contribution in [0.2, 0.25) is 0 Å². The third-order valence-corrected chi connectivity index (χ3v) is 6.13. The number of para-hydroxylation sites is 1. The summed E-state index contributed by atoms with van der Waals surface area (Å²) in [4.78, 5) is 24.5. The summed E-state index contributed by atoms with van der Waals surface area (Å²) < 4.78 is 13.5. The number of carbonyl (C=O) groups excluding carboxylic acids is 2. The zero-order valence-corrected chi connectivity index (χ0v) is 20.0. The SMILES string of the molecule is C=CCn1c(SCC(=O)Nc2ccccc2C(=O)OC)nnc1-c1cc2cc(Br)ccc2o1. The number of halogens is 1. The van der Waals surface area contributed by atoms with Gasteiger partial charge in [-0.25, -0.2) is 4.79 Å². The number of hydrogen-bond donors (Lipinski definition) is 1. The number of hydrogen-bond acceptors (Lipinski definition) is 7. The molecule has 0 saturated carbocycles. The fraction of sp³-hybridized carbons (Fsp3) is 0.130. The number of anilines is 1. The zero-order valence-electron chi connectivity index (χ0n) is 17.6. The van der Waals surface area contributed by atoms with E-state index in [9.17, 15) is 9.59 Å². The smallest absolute Gasteiger partial charge is 0.339 e. The Morgan fingerprint density at radius 3 is 2.85 bits per heavy atom. The number of amides is 1. The Morgan fingerprint density at radius 1 is 1.24 bits per heavy atom. The molecule has 10 heteroatoms. The minimum absolute atomic E-state index is 0.0673. The van der Waals surface area contributed by atoms with Crippen molar-refractivity contribution >= 4 is 56.2 Å². The summed E-state index contributed by atoms with van der Waals surface area (Å²) >= 11 is 4.68. The van der Waals surface area contributed by atoms with Gasteiger partial charge in [0.25, 0.3) is 0 Å². The summed E-state index contributed by atoms with van der Waals surface area (Å²) in [6.45, 7) is 4.25. The molecule has 0 spiro atoms. The summed E-state index contributed by atoms with van der Waals surface area (Å²) in [7, 11) is 1.29. The van der Waals surface area contributed by atoms with Crippen LogP contribution in [0.4, 0.5) is 5.69 Å². The number of aromatic nitrogens is 3. The molecule has 1 N–H and O–H groups in total. The first-order chi connectivity index (χ1) is 16.0. The predicted octanol–water partition coefficient (Wildman–Crippen LogP) is 5.16. The van der Waals surface area contributed by atoms with E-state index >= 15 is 0 Å². The monoisotopic (exact) mass is 526 g/mol. The van der Waals surface area contributed by atoms with E-state index in [0.717, 1.165) is 15.4 Å². The second-order valence-corrected chi connectivity index (χ2v) is 8.73. The number of fused-ring (bicyclic) bond motifs is 1. The molecule has 1 amide bonds. The summed E-state index contributed by atoms with van der Waals surface area (Å²) in [5.41, 5.74) is 1.41. The lowest BCUT2D eigenvalue weighted by Crippen LogP contribution is -2.17. The number of rotatable bonds is 8. The Labute approximate surface area is 202 Å². The van der Waals surface area contributed by atoms with E-state index in [-0.39, 0.29) is 17.2 Å². The van der Waals surface area contributed by atoms with E-state index in [0.29, 0.717) is 29.0 Å². The molecule has 2 aromatic carbocycles. The van der Waals surface area contributed by atoms with Crippen LogP contribution in [0.15, 0.2) is 75.2 Å². The summed E-state index contributed by atoms with van der Waals surface area (Å²) in [5.74, 6) is 0.367. The number of carbonyl (C=O) groups is 2. The Hall–Kier alpha value is -3.37. The molecule has 0 aliphatic heterocycles. The highest BCUT2D eigenvalue weighted by molar-refractivity contribution is 9.10. The van der Waals surface area contributed by atoms with Crippen LogP contribution in [0.25, 0.3) is 22.6 Å². The van der Waals surface area contributed by atoms with Crippen molar-refractivity contribution in [2.24, 2.45) is 0 Å².